The minimum Gasteiger partial charge on any atom is -0.349 e. The van der Waals surface area contributed by atoms with Gasteiger partial charge in [-0.15, -0.1) is 12.4 Å². The molecule has 0 saturated carbocycles. The number of rotatable bonds is 3. The van der Waals surface area contributed by atoms with E-state index >= 15 is 0 Å². The summed E-state index contributed by atoms with van der Waals surface area (Å²) in [5, 5.41) is 2.95. The molecule has 1 aliphatic heterocycles. The summed E-state index contributed by atoms with van der Waals surface area (Å²) < 4.78 is 40.5. The maximum atomic E-state index is 13.8. The van der Waals surface area contributed by atoms with Gasteiger partial charge in [-0.25, -0.2) is 18.2 Å². The summed E-state index contributed by atoms with van der Waals surface area (Å²) >= 11 is 0. The fourth-order valence-electron chi connectivity index (χ4n) is 3.73. The van der Waals surface area contributed by atoms with Crippen molar-refractivity contribution in [3.05, 3.63) is 76.2 Å². The zero-order valence-electron chi connectivity index (χ0n) is 16.8. The molecule has 0 radical (unpaired) electrons. The van der Waals surface area contributed by atoms with Crippen LogP contribution in [0.5, 0.6) is 0 Å². The van der Waals surface area contributed by atoms with Crippen molar-refractivity contribution in [2.45, 2.75) is 33.2 Å². The highest BCUT2D eigenvalue weighted by Gasteiger charge is 2.27. The van der Waals surface area contributed by atoms with Gasteiger partial charge in [0.25, 0.3) is 0 Å². The summed E-state index contributed by atoms with van der Waals surface area (Å²) in [6.45, 7) is 6.58. The van der Waals surface area contributed by atoms with Gasteiger partial charge in [0.2, 0.25) is 5.95 Å². The summed E-state index contributed by atoms with van der Waals surface area (Å²) in [5.74, 6) is -1.07. The Morgan fingerprint density at radius 3 is 2.50 bits per heavy atom. The highest BCUT2D eigenvalue weighted by molar-refractivity contribution is 5.85. The van der Waals surface area contributed by atoms with Crippen molar-refractivity contribution >= 4 is 29.9 Å². The molecule has 0 bridgehead atoms. The number of aryl methyl sites for hydroxylation is 1. The van der Waals surface area contributed by atoms with E-state index in [0.29, 0.717) is 11.6 Å². The van der Waals surface area contributed by atoms with Crippen LogP contribution >= 0.6 is 12.4 Å². The third kappa shape index (κ3) is 4.07. The maximum Gasteiger partial charge on any atom is 0.229 e. The lowest BCUT2D eigenvalue weighted by Gasteiger charge is -2.37. The zero-order chi connectivity index (χ0) is 20.7. The summed E-state index contributed by atoms with van der Waals surface area (Å²) in [7, 11) is 0. The molecule has 1 atom stereocenters. The highest BCUT2D eigenvalue weighted by atomic mass is 35.5. The van der Waals surface area contributed by atoms with Gasteiger partial charge in [0.05, 0.1) is 6.04 Å². The molecule has 1 unspecified atom stereocenters. The van der Waals surface area contributed by atoms with Crippen molar-refractivity contribution in [3.8, 4) is 0 Å². The molecular formula is C22H22ClF3N4. The Morgan fingerprint density at radius 2 is 1.77 bits per heavy atom. The number of aromatic nitrogens is 2. The Balaban J connectivity index is 0.00000256. The van der Waals surface area contributed by atoms with Gasteiger partial charge in [-0.3, -0.25) is 0 Å². The van der Waals surface area contributed by atoms with E-state index in [0.717, 1.165) is 53.3 Å². The molecule has 158 valence electrons. The molecule has 2 heterocycles. The second-order valence-corrected chi connectivity index (χ2v) is 7.30. The third-order valence-electron chi connectivity index (χ3n) is 5.46. The Kier molecular flexibility index (Phi) is 6.22. The normalized spacial score (nSPS) is 15.4. The summed E-state index contributed by atoms with van der Waals surface area (Å²) in [5.41, 5.74) is 4.14. The van der Waals surface area contributed by atoms with Gasteiger partial charge in [-0.05, 0) is 62.6 Å². The molecule has 3 aromatic rings. The Bertz CT molecular complexity index is 1090. The number of nitrogens with one attached hydrogen (secondary N) is 1. The lowest BCUT2D eigenvalue weighted by Crippen LogP contribution is -2.35. The van der Waals surface area contributed by atoms with E-state index in [9.17, 15) is 13.2 Å². The van der Waals surface area contributed by atoms with E-state index in [-0.39, 0.29) is 24.3 Å². The average Bonchev–Trinajstić information content (AvgIpc) is 2.68. The van der Waals surface area contributed by atoms with Crippen LogP contribution in [0.1, 0.15) is 35.3 Å². The van der Waals surface area contributed by atoms with E-state index in [2.05, 4.69) is 20.2 Å². The van der Waals surface area contributed by atoms with Gasteiger partial charge in [-0.2, -0.15) is 4.98 Å². The van der Waals surface area contributed by atoms with E-state index < -0.39 is 11.6 Å². The average molecular weight is 435 g/mol. The van der Waals surface area contributed by atoms with Gasteiger partial charge in [-0.1, -0.05) is 6.07 Å². The van der Waals surface area contributed by atoms with E-state index in [4.69, 9.17) is 0 Å². The summed E-state index contributed by atoms with van der Waals surface area (Å²) in [6.07, 6.45) is 0.786. The third-order valence-corrected chi connectivity index (χ3v) is 5.46. The number of fused-ring (bicyclic) bond motifs is 1. The van der Waals surface area contributed by atoms with Crippen LogP contribution in [-0.4, -0.2) is 16.5 Å². The van der Waals surface area contributed by atoms with E-state index in [1.54, 1.807) is 6.07 Å². The SMILES string of the molecule is Cc1nc(Nc2ccc(F)c(F)c2)nc(N2CCc3ccc(F)cc3C2C)c1C.Cl. The smallest absolute Gasteiger partial charge is 0.229 e. The Morgan fingerprint density at radius 1 is 1.00 bits per heavy atom. The van der Waals surface area contributed by atoms with Gasteiger partial charge in [0.1, 0.15) is 11.6 Å². The summed E-state index contributed by atoms with van der Waals surface area (Å²) in [4.78, 5) is 11.2. The molecule has 1 N–H and O–H groups in total. The molecule has 0 aliphatic carbocycles. The molecular weight excluding hydrogens is 413 g/mol. The van der Waals surface area contributed by atoms with Gasteiger partial charge in [0, 0.05) is 29.6 Å². The Labute approximate surface area is 179 Å². The van der Waals surface area contributed by atoms with Gasteiger partial charge in [0.15, 0.2) is 11.6 Å². The molecule has 1 aromatic heterocycles. The lowest BCUT2D eigenvalue weighted by molar-refractivity contribution is 0.509. The zero-order valence-corrected chi connectivity index (χ0v) is 17.7. The monoisotopic (exact) mass is 434 g/mol. The number of benzene rings is 2. The van der Waals surface area contributed by atoms with Gasteiger partial charge >= 0.3 is 0 Å². The first-order chi connectivity index (χ1) is 13.8. The first kappa shape index (κ1) is 21.9. The predicted octanol–water partition coefficient (Wildman–Crippen LogP) is 5.80. The maximum absolute atomic E-state index is 13.8. The van der Waals surface area contributed by atoms with Crippen molar-refractivity contribution in [1.29, 1.82) is 0 Å². The molecule has 0 spiro atoms. The molecule has 0 fully saturated rings. The lowest BCUT2D eigenvalue weighted by atomic mass is 9.93. The van der Waals surface area contributed by atoms with Crippen LogP contribution in [0.25, 0.3) is 0 Å². The van der Waals surface area contributed by atoms with E-state index in [1.165, 1.54) is 12.1 Å². The van der Waals surface area contributed by atoms with Crippen LogP contribution in [0.15, 0.2) is 36.4 Å². The number of hydrogen-bond donors (Lipinski definition) is 1. The standard InChI is InChI=1S/C22H21F3N4.ClH/c1-12-13(2)26-22(27-17-6-7-19(24)20(25)11-17)28-21(12)29-9-8-15-4-5-16(23)10-18(15)14(29)3;/h4-7,10-11,14H,8-9H2,1-3H3,(H,26,27,28);1H. The predicted molar refractivity (Wildman–Crippen MR) is 114 cm³/mol. The topological polar surface area (TPSA) is 41.1 Å². The molecule has 0 amide bonds. The quantitative estimate of drug-likeness (QED) is 0.565. The minimum atomic E-state index is -0.942. The van der Waals surface area contributed by atoms with Crippen molar-refractivity contribution in [1.82, 2.24) is 9.97 Å². The highest BCUT2D eigenvalue weighted by Crippen LogP contribution is 2.35. The molecule has 30 heavy (non-hydrogen) atoms. The largest absolute Gasteiger partial charge is 0.349 e. The fourth-order valence-corrected chi connectivity index (χ4v) is 3.73. The van der Waals surface area contributed by atoms with Crippen molar-refractivity contribution in [2.24, 2.45) is 0 Å². The van der Waals surface area contributed by atoms with Crippen molar-refractivity contribution < 1.29 is 13.2 Å². The molecule has 4 nitrogen and oxygen atoms in total. The number of nitrogens with zero attached hydrogens (tertiary/aromatic N) is 3. The first-order valence-corrected chi connectivity index (χ1v) is 9.46. The van der Waals surface area contributed by atoms with Crippen LogP contribution in [0.4, 0.5) is 30.6 Å². The van der Waals surface area contributed by atoms with Crippen LogP contribution in [0.3, 0.4) is 0 Å². The molecule has 1 aliphatic rings. The summed E-state index contributed by atoms with van der Waals surface area (Å²) in [6, 6.07) is 8.40. The fraction of sp³-hybridized carbons (Fsp3) is 0.273. The molecule has 4 rings (SSSR count). The van der Waals surface area contributed by atoms with Crippen molar-refractivity contribution in [3.63, 3.8) is 0 Å². The van der Waals surface area contributed by atoms with Gasteiger partial charge < -0.3 is 10.2 Å². The number of halogens is 4. The number of anilines is 3. The number of hydrogen-bond acceptors (Lipinski definition) is 4. The minimum absolute atomic E-state index is 0. The second-order valence-electron chi connectivity index (χ2n) is 7.30. The van der Waals surface area contributed by atoms with Crippen LogP contribution in [0.2, 0.25) is 0 Å². The van der Waals surface area contributed by atoms with Crippen molar-refractivity contribution in [2.75, 3.05) is 16.8 Å². The van der Waals surface area contributed by atoms with Crippen LogP contribution in [0, 0.1) is 31.3 Å². The molecule has 2 aromatic carbocycles. The second kappa shape index (κ2) is 8.52. The molecule has 0 saturated heterocycles. The first-order valence-electron chi connectivity index (χ1n) is 9.46. The van der Waals surface area contributed by atoms with Crippen LogP contribution < -0.4 is 10.2 Å². The van der Waals surface area contributed by atoms with Crippen LogP contribution in [-0.2, 0) is 6.42 Å². The van der Waals surface area contributed by atoms with E-state index in [1.807, 2.05) is 26.8 Å². The Hall–Kier alpha value is -2.80. The molecule has 8 heteroatoms.